The van der Waals surface area contributed by atoms with Crippen LogP contribution in [0.3, 0.4) is 0 Å². The summed E-state index contributed by atoms with van der Waals surface area (Å²) in [5, 5.41) is 2.46. The normalized spacial score (nSPS) is 13.0. The summed E-state index contributed by atoms with van der Waals surface area (Å²) < 4.78 is 0. The molecule has 2 aliphatic carbocycles. The van der Waals surface area contributed by atoms with Crippen molar-refractivity contribution in [3.8, 4) is 22.3 Å². The number of benzene rings is 9. The first-order valence-corrected chi connectivity index (χ1v) is 22.5. The monoisotopic (exact) mass is 812 g/mol. The van der Waals surface area contributed by atoms with Crippen LogP contribution in [0.4, 0.5) is 34.1 Å². The van der Waals surface area contributed by atoms with Gasteiger partial charge in [0.1, 0.15) is 0 Å². The van der Waals surface area contributed by atoms with Gasteiger partial charge in [0.2, 0.25) is 0 Å². The molecular formula is C61H52N2. The molecule has 0 aromatic heterocycles. The Morgan fingerprint density at radius 1 is 0.317 bits per heavy atom. The van der Waals surface area contributed by atoms with E-state index < -0.39 is 5.41 Å². The van der Waals surface area contributed by atoms with Gasteiger partial charge in [0.05, 0.1) is 5.41 Å². The highest BCUT2D eigenvalue weighted by molar-refractivity contribution is 6.02. The summed E-state index contributed by atoms with van der Waals surface area (Å²) in [6, 6.07) is 73.5. The van der Waals surface area contributed by atoms with Gasteiger partial charge in [0.15, 0.2) is 0 Å². The summed E-state index contributed by atoms with van der Waals surface area (Å²) in [6.07, 6.45) is 0. The topological polar surface area (TPSA) is 6.48 Å². The first kappa shape index (κ1) is 38.7. The molecule has 0 fully saturated rings. The third kappa shape index (κ3) is 6.22. The lowest BCUT2D eigenvalue weighted by Crippen LogP contribution is -2.26. The van der Waals surface area contributed by atoms with Crippen LogP contribution in [0, 0.1) is 13.8 Å². The maximum absolute atomic E-state index is 2.52. The van der Waals surface area contributed by atoms with E-state index in [1.807, 2.05) is 0 Å². The Kier molecular flexibility index (Phi) is 9.24. The van der Waals surface area contributed by atoms with E-state index in [4.69, 9.17) is 0 Å². The van der Waals surface area contributed by atoms with E-state index in [0.717, 1.165) is 34.1 Å². The molecule has 9 aromatic rings. The Morgan fingerprint density at radius 2 is 0.762 bits per heavy atom. The van der Waals surface area contributed by atoms with Crippen molar-refractivity contribution in [1.82, 2.24) is 0 Å². The van der Waals surface area contributed by atoms with Gasteiger partial charge in [-0.25, -0.2) is 0 Å². The van der Waals surface area contributed by atoms with Crippen molar-refractivity contribution in [2.24, 2.45) is 0 Å². The molecule has 2 heteroatoms. The number of nitrogens with zero attached hydrogens (tertiary/aromatic N) is 2. The van der Waals surface area contributed by atoms with E-state index in [9.17, 15) is 0 Å². The standard InChI is InChI=1S/C61H52N2/c1-39(2)43-21-26-47(27-22-43)62(49-15-11-13-41(5)33-49)51-30-25-45-36-56-55-32-31-52(63(50-16-12-14-42(6)34-50)48-28-23-44(24-29-48)40(3)4)38-60(55)61(59(56)37-46(45)35-51)57-19-9-7-17-53(57)54-18-8-10-20-58(54)61/h7-40H,1-6H3. The lowest BCUT2D eigenvalue weighted by atomic mass is 9.70. The van der Waals surface area contributed by atoms with Crippen LogP contribution in [-0.4, -0.2) is 0 Å². The number of anilines is 6. The Labute approximate surface area is 372 Å². The van der Waals surface area contributed by atoms with Gasteiger partial charge < -0.3 is 9.80 Å². The smallest absolute Gasteiger partial charge is 0.0726 e. The van der Waals surface area contributed by atoms with E-state index >= 15 is 0 Å². The van der Waals surface area contributed by atoms with Crippen LogP contribution < -0.4 is 9.80 Å². The first-order chi connectivity index (χ1) is 30.7. The molecule has 0 unspecified atom stereocenters. The minimum Gasteiger partial charge on any atom is -0.310 e. The molecule has 0 amide bonds. The van der Waals surface area contributed by atoms with E-state index in [1.165, 1.54) is 77.5 Å². The molecule has 2 aliphatic rings. The second-order valence-corrected chi connectivity index (χ2v) is 18.3. The van der Waals surface area contributed by atoms with Gasteiger partial charge in [-0.2, -0.15) is 0 Å². The zero-order valence-electron chi connectivity index (χ0n) is 37.0. The van der Waals surface area contributed by atoms with Gasteiger partial charge in [-0.3, -0.25) is 0 Å². The zero-order chi connectivity index (χ0) is 43.0. The lowest BCUT2D eigenvalue weighted by molar-refractivity contribution is 0.795. The lowest BCUT2D eigenvalue weighted by Gasteiger charge is -2.32. The fraction of sp³-hybridized carbons (Fsp3) is 0.148. The summed E-state index contributed by atoms with van der Waals surface area (Å²) >= 11 is 0. The van der Waals surface area contributed by atoms with Crippen molar-refractivity contribution in [3.05, 3.63) is 239 Å². The molecule has 2 nitrogen and oxygen atoms in total. The predicted molar refractivity (Wildman–Crippen MR) is 267 cm³/mol. The maximum Gasteiger partial charge on any atom is 0.0726 e. The Morgan fingerprint density at radius 3 is 1.29 bits per heavy atom. The van der Waals surface area contributed by atoms with Crippen molar-refractivity contribution < 1.29 is 0 Å². The molecule has 63 heavy (non-hydrogen) atoms. The van der Waals surface area contributed by atoms with Gasteiger partial charge >= 0.3 is 0 Å². The second kappa shape index (κ2) is 15.0. The highest BCUT2D eigenvalue weighted by Crippen LogP contribution is 2.64. The van der Waals surface area contributed by atoms with Crippen LogP contribution in [-0.2, 0) is 5.41 Å². The number of hydrogen-bond donors (Lipinski definition) is 0. The van der Waals surface area contributed by atoms with Crippen LogP contribution in [0.15, 0.2) is 194 Å². The quantitative estimate of drug-likeness (QED) is 0.151. The SMILES string of the molecule is Cc1cccc(N(c2ccc(C(C)C)cc2)c2ccc3c(c2)C2(c4ccccc4-c4ccccc42)c2cc4cc(N(c5ccc(C(C)C)cc5)c5cccc(C)c5)ccc4cc2-3)c1. The summed E-state index contributed by atoms with van der Waals surface area (Å²) in [5.41, 5.74) is 22.1. The summed E-state index contributed by atoms with van der Waals surface area (Å²) in [5.74, 6) is 0.926. The van der Waals surface area contributed by atoms with E-state index in [2.05, 4.69) is 245 Å². The fourth-order valence-electron chi connectivity index (χ4n) is 10.6. The van der Waals surface area contributed by atoms with Crippen molar-refractivity contribution in [2.75, 3.05) is 9.80 Å². The highest BCUT2D eigenvalue weighted by Gasteiger charge is 2.52. The average Bonchev–Trinajstić information content (AvgIpc) is 3.75. The number of rotatable bonds is 8. The van der Waals surface area contributed by atoms with Crippen LogP contribution in [0.1, 0.15) is 84.0 Å². The molecular weight excluding hydrogens is 761 g/mol. The molecule has 0 saturated heterocycles. The first-order valence-electron chi connectivity index (χ1n) is 22.5. The van der Waals surface area contributed by atoms with Gasteiger partial charge in [-0.05, 0) is 188 Å². The van der Waals surface area contributed by atoms with Crippen molar-refractivity contribution in [3.63, 3.8) is 0 Å². The molecule has 11 rings (SSSR count). The second-order valence-electron chi connectivity index (χ2n) is 18.3. The summed E-state index contributed by atoms with van der Waals surface area (Å²) in [4.78, 5) is 4.85. The molecule has 306 valence electrons. The van der Waals surface area contributed by atoms with Gasteiger partial charge in [-0.1, -0.05) is 137 Å². The Bertz CT molecular complexity index is 3160. The third-order valence-electron chi connectivity index (χ3n) is 13.7. The third-order valence-corrected chi connectivity index (χ3v) is 13.7. The van der Waals surface area contributed by atoms with Crippen LogP contribution >= 0.6 is 0 Å². The maximum atomic E-state index is 2.52. The molecule has 0 saturated carbocycles. The van der Waals surface area contributed by atoms with Crippen molar-refractivity contribution in [2.45, 2.75) is 58.8 Å². The Hall–Kier alpha value is -7.16. The number of aryl methyl sites for hydroxylation is 2. The number of hydrogen-bond acceptors (Lipinski definition) is 2. The fourth-order valence-corrected chi connectivity index (χ4v) is 10.6. The Balaban J connectivity index is 1.15. The van der Waals surface area contributed by atoms with Gasteiger partial charge in [0.25, 0.3) is 0 Å². The minimum atomic E-state index is -0.513. The highest BCUT2D eigenvalue weighted by atomic mass is 15.1. The summed E-state index contributed by atoms with van der Waals surface area (Å²) in [7, 11) is 0. The van der Waals surface area contributed by atoms with Crippen LogP contribution in [0.5, 0.6) is 0 Å². The number of fused-ring (bicyclic) bond motifs is 11. The van der Waals surface area contributed by atoms with Gasteiger partial charge in [0, 0.05) is 34.1 Å². The molecule has 0 atom stereocenters. The van der Waals surface area contributed by atoms with Crippen LogP contribution in [0.25, 0.3) is 33.0 Å². The van der Waals surface area contributed by atoms with Crippen LogP contribution in [0.2, 0.25) is 0 Å². The minimum absolute atomic E-state index is 0.459. The predicted octanol–water partition coefficient (Wildman–Crippen LogP) is 17.0. The molecule has 9 aromatic carbocycles. The average molecular weight is 813 g/mol. The molecule has 0 aliphatic heterocycles. The van der Waals surface area contributed by atoms with E-state index in [1.54, 1.807) is 0 Å². The molecule has 0 N–H and O–H groups in total. The van der Waals surface area contributed by atoms with E-state index in [0.29, 0.717) is 11.8 Å². The van der Waals surface area contributed by atoms with Crippen molar-refractivity contribution in [1.29, 1.82) is 0 Å². The molecule has 0 radical (unpaired) electrons. The largest absolute Gasteiger partial charge is 0.310 e. The molecule has 0 heterocycles. The molecule has 0 bridgehead atoms. The van der Waals surface area contributed by atoms with Crippen molar-refractivity contribution >= 4 is 44.9 Å². The summed E-state index contributed by atoms with van der Waals surface area (Å²) in [6.45, 7) is 13.4. The van der Waals surface area contributed by atoms with E-state index in [-0.39, 0.29) is 0 Å². The van der Waals surface area contributed by atoms with Gasteiger partial charge in [-0.15, -0.1) is 0 Å². The molecule has 1 spiro atoms. The zero-order valence-corrected chi connectivity index (χ0v) is 37.0.